The minimum absolute atomic E-state index is 0.169. The third-order valence-corrected chi connectivity index (χ3v) is 9.07. The number of carbonyl (C=O) groups excluding carboxylic acids is 2. The molecule has 1 aliphatic heterocycles. The molecule has 3 aromatic heterocycles. The number of carbonyl (C=O) groups is 2. The van der Waals surface area contributed by atoms with E-state index < -0.39 is 0 Å². The maximum Gasteiger partial charge on any atom is 0.240 e. The van der Waals surface area contributed by atoms with Crippen LogP contribution in [0.2, 0.25) is 5.02 Å². The van der Waals surface area contributed by atoms with Crippen molar-refractivity contribution in [3.05, 3.63) is 112 Å². The summed E-state index contributed by atoms with van der Waals surface area (Å²) in [7, 11) is 1.61. The molecule has 0 aliphatic carbocycles. The molecule has 11 heteroatoms. The molecule has 0 unspecified atom stereocenters. The summed E-state index contributed by atoms with van der Waals surface area (Å²) >= 11 is 9.38. The van der Waals surface area contributed by atoms with E-state index in [0.717, 1.165) is 33.8 Å². The van der Waals surface area contributed by atoms with Gasteiger partial charge in [-0.2, -0.15) is 16.4 Å². The number of halogens is 1. The Kier molecular flexibility index (Phi) is 8.27. The fraction of sp³-hybridized carbons (Fsp3) is 0.161. The van der Waals surface area contributed by atoms with Crippen molar-refractivity contribution in [1.82, 2.24) is 20.1 Å². The first-order valence-corrected chi connectivity index (χ1v) is 15.5. The predicted octanol–water partition coefficient (Wildman–Crippen LogP) is 6.14. The number of ether oxygens (including phenoxy) is 1. The summed E-state index contributed by atoms with van der Waals surface area (Å²) in [4.78, 5) is 33.0. The maximum absolute atomic E-state index is 13.8. The van der Waals surface area contributed by atoms with Gasteiger partial charge in [-0.1, -0.05) is 29.8 Å². The Morgan fingerprint density at radius 3 is 2.60 bits per heavy atom. The number of thiophene rings is 1. The van der Waals surface area contributed by atoms with Crippen LogP contribution >= 0.6 is 34.7 Å². The number of nitrogens with zero attached hydrogens (tertiary/aromatic N) is 4. The zero-order valence-electron chi connectivity index (χ0n) is 22.6. The lowest BCUT2D eigenvalue weighted by molar-refractivity contribution is -0.123. The van der Waals surface area contributed by atoms with Crippen LogP contribution in [0.5, 0.6) is 5.75 Å². The van der Waals surface area contributed by atoms with Gasteiger partial charge in [-0.15, -0.1) is 11.8 Å². The van der Waals surface area contributed by atoms with Crippen LogP contribution in [0, 0.1) is 0 Å². The van der Waals surface area contributed by atoms with Gasteiger partial charge in [0, 0.05) is 22.3 Å². The minimum Gasteiger partial charge on any atom is -0.497 e. The normalized spacial score (nSPS) is 14.8. The quantitative estimate of drug-likeness (QED) is 0.225. The van der Waals surface area contributed by atoms with Crippen LogP contribution in [0.15, 0.2) is 89.8 Å². The summed E-state index contributed by atoms with van der Waals surface area (Å²) in [6.07, 6.45) is 1.68. The minimum atomic E-state index is -0.297. The fourth-order valence-electron chi connectivity index (χ4n) is 4.82. The van der Waals surface area contributed by atoms with Crippen molar-refractivity contribution in [2.24, 2.45) is 0 Å². The number of fused-ring (bicyclic) bond motifs is 1. The highest BCUT2D eigenvalue weighted by Gasteiger charge is 2.37. The average molecular weight is 616 g/mol. The molecule has 0 fully saturated rings. The molecule has 5 aromatic rings. The first kappa shape index (κ1) is 28.0. The molecule has 4 heterocycles. The zero-order chi connectivity index (χ0) is 29.1. The van der Waals surface area contributed by atoms with E-state index in [1.807, 2.05) is 72.1 Å². The van der Waals surface area contributed by atoms with Crippen LogP contribution < -0.4 is 15.0 Å². The molecule has 6 rings (SSSR count). The molecule has 212 valence electrons. The second kappa shape index (κ2) is 12.4. The predicted molar refractivity (Wildman–Crippen MR) is 168 cm³/mol. The molecule has 2 amide bonds. The first-order valence-electron chi connectivity index (χ1n) is 13.2. The van der Waals surface area contributed by atoms with Crippen molar-refractivity contribution in [2.75, 3.05) is 24.3 Å². The number of amides is 2. The number of nitrogens with one attached hydrogen (secondary N) is 1. The van der Waals surface area contributed by atoms with Gasteiger partial charge in [-0.25, -0.2) is 4.68 Å². The van der Waals surface area contributed by atoms with Crippen molar-refractivity contribution in [3.63, 3.8) is 0 Å². The van der Waals surface area contributed by atoms with Gasteiger partial charge in [0.15, 0.2) is 0 Å². The Balaban J connectivity index is 1.50. The first-order chi connectivity index (χ1) is 20.5. The van der Waals surface area contributed by atoms with Gasteiger partial charge in [-0.3, -0.25) is 19.5 Å². The lowest BCUT2D eigenvalue weighted by Gasteiger charge is -2.23. The third-order valence-electron chi connectivity index (χ3n) is 6.86. The van der Waals surface area contributed by atoms with E-state index in [4.69, 9.17) is 21.4 Å². The van der Waals surface area contributed by atoms with Gasteiger partial charge in [0.1, 0.15) is 18.1 Å². The number of aromatic nitrogens is 3. The highest BCUT2D eigenvalue weighted by atomic mass is 35.5. The van der Waals surface area contributed by atoms with Crippen LogP contribution in [0.4, 0.5) is 5.82 Å². The van der Waals surface area contributed by atoms with Crippen LogP contribution in [-0.4, -0.2) is 46.0 Å². The highest BCUT2D eigenvalue weighted by molar-refractivity contribution is 8.00. The van der Waals surface area contributed by atoms with Crippen LogP contribution in [0.25, 0.3) is 16.9 Å². The largest absolute Gasteiger partial charge is 0.497 e. The molecule has 0 spiro atoms. The molecular formula is C31H26ClN5O3S2. The van der Waals surface area contributed by atoms with E-state index in [-0.39, 0.29) is 35.9 Å². The Hall–Kier alpha value is -4.12. The Labute approximate surface area is 256 Å². The summed E-state index contributed by atoms with van der Waals surface area (Å²) in [6.45, 7) is 0.0894. The Morgan fingerprint density at radius 2 is 1.90 bits per heavy atom. The van der Waals surface area contributed by atoms with Crippen molar-refractivity contribution >= 4 is 52.3 Å². The molecule has 8 nitrogen and oxygen atoms in total. The number of rotatable bonds is 8. The lowest BCUT2D eigenvalue weighted by Crippen LogP contribution is -2.42. The van der Waals surface area contributed by atoms with E-state index in [9.17, 15) is 9.59 Å². The second-order valence-electron chi connectivity index (χ2n) is 9.53. The summed E-state index contributed by atoms with van der Waals surface area (Å²) in [5.41, 5.74) is 4.97. The molecule has 42 heavy (non-hydrogen) atoms. The van der Waals surface area contributed by atoms with Gasteiger partial charge < -0.3 is 10.1 Å². The van der Waals surface area contributed by atoms with E-state index in [1.165, 1.54) is 11.8 Å². The van der Waals surface area contributed by atoms with E-state index in [1.54, 1.807) is 34.2 Å². The number of anilines is 1. The molecule has 0 bridgehead atoms. The number of thioether (sulfide) groups is 1. The van der Waals surface area contributed by atoms with Crippen molar-refractivity contribution in [3.8, 4) is 22.7 Å². The van der Waals surface area contributed by atoms with Crippen molar-refractivity contribution < 1.29 is 14.3 Å². The summed E-state index contributed by atoms with van der Waals surface area (Å²) in [5.74, 6) is 0.984. The third kappa shape index (κ3) is 5.78. The maximum atomic E-state index is 13.8. The fourth-order valence-corrected chi connectivity index (χ4v) is 6.91. The number of methoxy groups -OCH3 is 1. The molecule has 2 aromatic carbocycles. The number of hydrogen-bond acceptors (Lipinski definition) is 7. The second-order valence-corrected chi connectivity index (χ2v) is 11.8. The van der Waals surface area contributed by atoms with Gasteiger partial charge >= 0.3 is 0 Å². The average Bonchev–Trinajstić information content (AvgIpc) is 3.67. The van der Waals surface area contributed by atoms with Gasteiger partial charge in [-0.05, 0) is 70.9 Å². The Bertz CT molecular complexity index is 1690. The highest BCUT2D eigenvalue weighted by Crippen LogP contribution is 2.49. The Morgan fingerprint density at radius 1 is 1.10 bits per heavy atom. The monoisotopic (exact) mass is 615 g/mol. The summed E-state index contributed by atoms with van der Waals surface area (Å²) in [5, 5.41) is 12.6. The van der Waals surface area contributed by atoms with Gasteiger partial charge in [0.2, 0.25) is 11.8 Å². The molecule has 1 aliphatic rings. The number of hydrogen-bond donors (Lipinski definition) is 1. The van der Waals surface area contributed by atoms with Crippen molar-refractivity contribution in [2.45, 2.75) is 11.8 Å². The summed E-state index contributed by atoms with van der Waals surface area (Å²) < 4.78 is 7.13. The van der Waals surface area contributed by atoms with Crippen LogP contribution in [-0.2, 0) is 16.1 Å². The molecular weight excluding hydrogens is 590 g/mol. The van der Waals surface area contributed by atoms with Crippen molar-refractivity contribution in [1.29, 1.82) is 0 Å². The smallest absolute Gasteiger partial charge is 0.240 e. The van der Waals surface area contributed by atoms with Gasteiger partial charge in [0.25, 0.3) is 0 Å². The van der Waals surface area contributed by atoms with E-state index >= 15 is 0 Å². The topological polar surface area (TPSA) is 89.3 Å². The summed E-state index contributed by atoms with van der Waals surface area (Å²) in [6, 6.07) is 22.6. The molecule has 1 atom stereocenters. The van der Waals surface area contributed by atoms with E-state index in [0.29, 0.717) is 16.6 Å². The van der Waals surface area contributed by atoms with Gasteiger partial charge in [0.05, 0.1) is 41.7 Å². The standard InChI is InChI=1S/C31H26ClN5O3S2/c1-40-25-11-9-24(10-12-25)37-31-28(29(35-37)20-5-7-22(32)8-6-20)30(21-13-15-41-18-21)42-19-27(39)36(31)17-26(38)34-16-23-4-2-3-14-33-23/h2-15,18,30H,16-17,19H2,1H3,(H,34,38)/t30-/m0/s1. The number of pyridine rings is 1. The molecule has 0 saturated carbocycles. The molecule has 1 N–H and O–H groups in total. The molecule has 0 saturated heterocycles. The van der Waals surface area contributed by atoms with E-state index in [2.05, 4.69) is 21.7 Å². The van der Waals surface area contributed by atoms with Crippen LogP contribution in [0.3, 0.4) is 0 Å². The lowest BCUT2D eigenvalue weighted by atomic mass is 10.0. The zero-order valence-corrected chi connectivity index (χ0v) is 25.0. The number of benzene rings is 2. The molecule has 0 radical (unpaired) electrons. The SMILES string of the molecule is COc1ccc(-n2nc(-c3ccc(Cl)cc3)c3c2N(CC(=O)NCc2ccccn2)C(=O)CS[C@H]3c2ccsc2)cc1. The van der Waals surface area contributed by atoms with Crippen LogP contribution in [0.1, 0.15) is 22.1 Å².